The van der Waals surface area contributed by atoms with Gasteiger partial charge in [0, 0.05) is 18.7 Å². The Kier molecular flexibility index (Phi) is 4.43. The predicted octanol–water partition coefficient (Wildman–Crippen LogP) is 2.94. The molecule has 0 saturated carbocycles. The SMILES string of the molecule is Cc1ccccc1-c1nc(C#N)c(S(=O)(=O)N2CCC(C)CC2)o1. The summed E-state index contributed by atoms with van der Waals surface area (Å²) in [5, 5.41) is 8.95. The third-order valence-electron chi connectivity index (χ3n) is 4.39. The van der Waals surface area contributed by atoms with E-state index >= 15 is 0 Å². The molecule has 1 aromatic heterocycles. The van der Waals surface area contributed by atoms with Crippen LogP contribution in [-0.4, -0.2) is 30.8 Å². The number of aromatic nitrogens is 1. The number of aryl methyl sites for hydroxylation is 1. The third kappa shape index (κ3) is 2.95. The van der Waals surface area contributed by atoms with Gasteiger partial charge < -0.3 is 4.42 Å². The van der Waals surface area contributed by atoms with Gasteiger partial charge >= 0.3 is 0 Å². The second-order valence-electron chi connectivity index (χ2n) is 6.17. The Morgan fingerprint density at radius 3 is 2.58 bits per heavy atom. The Bertz CT molecular complexity index is 888. The summed E-state index contributed by atoms with van der Waals surface area (Å²) in [5.41, 5.74) is 1.40. The normalized spacial score (nSPS) is 16.9. The summed E-state index contributed by atoms with van der Waals surface area (Å²) in [5.74, 6) is 0.665. The lowest BCUT2D eigenvalue weighted by atomic mass is 10.0. The van der Waals surface area contributed by atoms with Crippen LogP contribution < -0.4 is 0 Å². The van der Waals surface area contributed by atoms with Crippen molar-refractivity contribution in [3.8, 4) is 17.5 Å². The van der Waals surface area contributed by atoms with Gasteiger partial charge in [-0.3, -0.25) is 0 Å². The molecule has 2 heterocycles. The first kappa shape index (κ1) is 16.7. The minimum atomic E-state index is -3.85. The van der Waals surface area contributed by atoms with E-state index in [1.165, 1.54) is 4.31 Å². The second-order valence-corrected chi connectivity index (χ2v) is 8.01. The van der Waals surface area contributed by atoms with Crippen molar-refractivity contribution >= 4 is 10.0 Å². The molecular formula is C17H19N3O3S. The van der Waals surface area contributed by atoms with Crippen LogP contribution in [0.2, 0.25) is 0 Å². The number of rotatable bonds is 3. The molecule has 0 N–H and O–H groups in total. The van der Waals surface area contributed by atoms with Crippen LogP contribution in [0.15, 0.2) is 33.8 Å². The Morgan fingerprint density at radius 1 is 1.29 bits per heavy atom. The monoisotopic (exact) mass is 345 g/mol. The van der Waals surface area contributed by atoms with Gasteiger partial charge in [0.05, 0.1) is 0 Å². The van der Waals surface area contributed by atoms with Crippen LogP contribution in [0.4, 0.5) is 0 Å². The molecule has 1 saturated heterocycles. The zero-order chi connectivity index (χ0) is 17.3. The van der Waals surface area contributed by atoms with E-state index in [9.17, 15) is 13.7 Å². The maximum Gasteiger partial charge on any atom is 0.279 e. The summed E-state index contributed by atoms with van der Waals surface area (Å²) in [6, 6.07) is 9.21. The topological polar surface area (TPSA) is 87.2 Å². The summed E-state index contributed by atoms with van der Waals surface area (Å²) >= 11 is 0. The highest BCUT2D eigenvalue weighted by Crippen LogP contribution is 2.30. The Morgan fingerprint density at radius 2 is 1.96 bits per heavy atom. The van der Waals surface area contributed by atoms with E-state index in [-0.39, 0.29) is 16.7 Å². The molecule has 6 nitrogen and oxygen atoms in total. The number of piperidine rings is 1. The van der Waals surface area contributed by atoms with E-state index in [1.54, 1.807) is 6.07 Å². The fourth-order valence-electron chi connectivity index (χ4n) is 2.82. The zero-order valence-electron chi connectivity index (χ0n) is 13.7. The van der Waals surface area contributed by atoms with Crippen LogP contribution in [0.25, 0.3) is 11.5 Å². The van der Waals surface area contributed by atoms with Crippen LogP contribution >= 0.6 is 0 Å². The first-order chi connectivity index (χ1) is 11.4. The van der Waals surface area contributed by atoms with Crippen LogP contribution in [0.5, 0.6) is 0 Å². The molecule has 0 spiro atoms. The van der Waals surface area contributed by atoms with Crippen LogP contribution in [-0.2, 0) is 10.0 Å². The van der Waals surface area contributed by atoms with Gasteiger partial charge in [-0.15, -0.1) is 0 Å². The standard InChI is InChI=1S/C17H19N3O3S/c1-12-7-9-20(10-8-12)24(21,22)17-15(11-18)19-16(23-17)14-6-4-3-5-13(14)2/h3-6,12H,7-10H2,1-2H3. The Labute approximate surface area is 141 Å². The third-order valence-corrected chi connectivity index (χ3v) is 6.18. The number of oxazole rings is 1. The van der Waals surface area contributed by atoms with Crippen molar-refractivity contribution in [3.05, 3.63) is 35.5 Å². The lowest BCUT2D eigenvalue weighted by molar-refractivity contribution is 0.281. The molecule has 1 aliphatic heterocycles. The Hall–Kier alpha value is -2.17. The van der Waals surface area contributed by atoms with E-state index in [2.05, 4.69) is 11.9 Å². The summed E-state index contributed by atoms with van der Waals surface area (Å²) in [6.07, 6.45) is 1.61. The van der Waals surface area contributed by atoms with Crippen LogP contribution in [0.1, 0.15) is 31.0 Å². The molecule has 1 aliphatic rings. The van der Waals surface area contributed by atoms with Gasteiger partial charge in [0.15, 0.2) is 5.69 Å². The summed E-state index contributed by atoms with van der Waals surface area (Å²) in [4.78, 5) is 4.10. The first-order valence-electron chi connectivity index (χ1n) is 7.90. The molecule has 2 aromatic rings. The van der Waals surface area contributed by atoms with E-state index in [4.69, 9.17) is 4.42 Å². The van der Waals surface area contributed by atoms with Gasteiger partial charge in [-0.05, 0) is 37.3 Å². The van der Waals surface area contributed by atoms with Crippen molar-refractivity contribution in [3.63, 3.8) is 0 Å². The lowest BCUT2D eigenvalue weighted by Crippen LogP contribution is -2.38. The van der Waals surface area contributed by atoms with Crippen molar-refractivity contribution in [2.75, 3.05) is 13.1 Å². The average molecular weight is 345 g/mol. The van der Waals surface area contributed by atoms with Crippen LogP contribution in [0.3, 0.4) is 0 Å². The van der Waals surface area contributed by atoms with Gasteiger partial charge in [0.25, 0.3) is 15.1 Å². The molecular weight excluding hydrogens is 326 g/mol. The molecule has 24 heavy (non-hydrogen) atoms. The van der Waals surface area contributed by atoms with E-state index in [0.29, 0.717) is 24.6 Å². The number of hydrogen-bond acceptors (Lipinski definition) is 5. The molecule has 7 heteroatoms. The van der Waals surface area contributed by atoms with Gasteiger partial charge in [0.2, 0.25) is 5.89 Å². The number of benzene rings is 1. The Balaban J connectivity index is 2.02. The van der Waals surface area contributed by atoms with Gasteiger partial charge in [-0.25, -0.2) is 8.42 Å². The molecule has 3 rings (SSSR count). The fourth-order valence-corrected chi connectivity index (χ4v) is 4.27. The van der Waals surface area contributed by atoms with Crippen molar-refractivity contribution in [2.24, 2.45) is 5.92 Å². The molecule has 1 fully saturated rings. The minimum Gasteiger partial charge on any atom is -0.422 e. The quantitative estimate of drug-likeness (QED) is 0.853. The minimum absolute atomic E-state index is 0.161. The second kappa shape index (κ2) is 6.38. The van der Waals surface area contributed by atoms with Gasteiger partial charge in [-0.1, -0.05) is 25.1 Å². The zero-order valence-corrected chi connectivity index (χ0v) is 14.5. The molecule has 0 radical (unpaired) electrons. The van der Waals surface area contributed by atoms with E-state index in [0.717, 1.165) is 18.4 Å². The average Bonchev–Trinajstić information content (AvgIpc) is 3.00. The van der Waals surface area contributed by atoms with Crippen molar-refractivity contribution in [2.45, 2.75) is 31.8 Å². The van der Waals surface area contributed by atoms with Gasteiger partial charge in [0.1, 0.15) is 6.07 Å². The maximum atomic E-state index is 12.8. The number of nitrogens with zero attached hydrogens (tertiary/aromatic N) is 3. The van der Waals surface area contributed by atoms with E-state index in [1.807, 2.05) is 31.2 Å². The van der Waals surface area contributed by atoms with Crippen LogP contribution in [0, 0.1) is 24.2 Å². The van der Waals surface area contributed by atoms with Gasteiger partial charge in [-0.2, -0.15) is 14.6 Å². The fraction of sp³-hybridized carbons (Fsp3) is 0.412. The number of sulfonamides is 1. The molecule has 0 bridgehead atoms. The van der Waals surface area contributed by atoms with Crippen molar-refractivity contribution in [1.82, 2.24) is 9.29 Å². The summed E-state index contributed by atoms with van der Waals surface area (Å²) in [7, 11) is -3.85. The predicted molar refractivity (Wildman–Crippen MR) is 88.5 cm³/mol. The first-order valence-corrected chi connectivity index (χ1v) is 9.34. The smallest absolute Gasteiger partial charge is 0.279 e. The summed E-state index contributed by atoms with van der Waals surface area (Å²) < 4.78 is 32.6. The molecule has 0 aliphatic carbocycles. The highest BCUT2D eigenvalue weighted by Gasteiger charge is 2.34. The molecule has 0 atom stereocenters. The maximum absolute atomic E-state index is 12.8. The summed E-state index contributed by atoms with van der Waals surface area (Å²) in [6.45, 7) is 4.87. The molecule has 0 amide bonds. The molecule has 1 aromatic carbocycles. The largest absolute Gasteiger partial charge is 0.422 e. The lowest BCUT2D eigenvalue weighted by Gasteiger charge is -2.28. The molecule has 126 valence electrons. The van der Waals surface area contributed by atoms with Crippen molar-refractivity contribution in [1.29, 1.82) is 5.26 Å². The number of hydrogen-bond donors (Lipinski definition) is 0. The highest BCUT2D eigenvalue weighted by atomic mass is 32.2. The molecule has 0 unspecified atom stereocenters. The number of nitriles is 1. The van der Waals surface area contributed by atoms with Crippen molar-refractivity contribution < 1.29 is 12.8 Å². The highest BCUT2D eigenvalue weighted by molar-refractivity contribution is 7.89. The van der Waals surface area contributed by atoms with E-state index < -0.39 is 10.0 Å².